The Morgan fingerprint density at radius 2 is 1.89 bits per heavy atom. The zero-order valence-electron chi connectivity index (χ0n) is 15.5. The number of fused-ring (bicyclic) bond motifs is 1. The van der Waals surface area contributed by atoms with Crippen LogP contribution in [0.2, 0.25) is 0 Å². The summed E-state index contributed by atoms with van der Waals surface area (Å²) in [6.07, 6.45) is 4.02. The number of hydrogen-bond donors (Lipinski definition) is 0. The van der Waals surface area contributed by atoms with E-state index in [1.54, 1.807) is 0 Å². The van der Waals surface area contributed by atoms with Gasteiger partial charge >= 0.3 is 0 Å². The van der Waals surface area contributed by atoms with Crippen LogP contribution < -0.4 is 0 Å². The Bertz CT molecular complexity index is 977. The maximum Gasteiger partial charge on any atom is 0.160 e. The fourth-order valence-electron chi connectivity index (χ4n) is 4.01. The van der Waals surface area contributed by atoms with E-state index in [0.717, 1.165) is 17.4 Å². The Kier molecular flexibility index (Phi) is 4.05. The van der Waals surface area contributed by atoms with Crippen LogP contribution in [0.4, 0.5) is 0 Å². The van der Waals surface area contributed by atoms with Gasteiger partial charge in [0.05, 0.1) is 11.7 Å². The normalized spacial score (nSPS) is 24.1. The molecule has 2 aliphatic rings. The molecule has 0 radical (unpaired) electrons. The van der Waals surface area contributed by atoms with Gasteiger partial charge in [-0.05, 0) is 43.3 Å². The van der Waals surface area contributed by atoms with Crippen LogP contribution in [0.1, 0.15) is 36.0 Å². The largest absolute Gasteiger partial charge is 0.339 e. The van der Waals surface area contributed by atoms with E-state index in [2.05, 4.69) is 83.0 Å². The van der Waals surface area contributed by atoms with Crippen LogP contribution >= 0.6 is 11.8 Å². The molecule has 0 N–H and O–H groups in total. The van der Waals surface area contributed by atoms with Crippen molar-refractivity contribution in [1.82, 2.24) is 14.5 Å². The van der Waals surface area contributed by atoms with Crippen LogP contribution in [-0.2, 0) is 0 Å². The predicted molar refractivity (Wildman–Crippen MR) is 111 cm³/mol. The summed E-state index contributed by atoms with van der Waals surface area (Å²) in [6.45, 7) is 5.42. The van der Waals surface area contributed by atoms with Crippen molar-refractivity contribution in [3.05, 3.63) is 83.9 Å². The van der Waals surface area contributed by atoms with Crippen LogP contribution in [0, 0.1) is 6.92 Å². The van der Waals surface area contributed by atoms with Gasteiger partial charge in [-0.15, -0.1) is 0 Å². The van der Waals surface area contributed by atoms with Gasteiger partial charge in [0.15, 0.2) is 5.17 Å². The van der Waals surface area contributed by atoms with Gasteiger partial charge in [-0.25, -0.2) is 0 Å². The Hall–Kier alpha value is -2.53. The zero-order chi connectivity index (χ0) is 18.4. The van der Waals surface area contributed by atoms with E-state index in [4.69, 9.17) is 4.99 Å². The van der Waals surface area contributed by atoms with Gasteiger partial charge in [0.1, 0.15) is 6.04 Å². The SMILES string of the molecule is Cc1ccc(-n2cccc2[C@H]2[C@@H](c3ccccn3)N=C3S[C@@H](C)CN32)cc1. The minimum absolute atomic E-state index is 0.0281. The van der Waals surface area contributed by atoms with Gasteiger partial charge in [-0.2, -0.15) is 0 Å². The first-order chi connectivity index (χ1) is 13.2. The maximum absolute atomic E-state index is 5.09. The second kappa shape index (κ2) is 6.57. The third-order valence-electron chi connectivity index (χ3n) is 5.28. The molecule has 0 aliphatic carbocycles. The maximum atomic E-state index is 5.09. The molecule has 1 aromatic carbocycles. The summed E-state index contributed by atoms with van der Waals surface area (Å²) in [4.78, 5) is 12.2. The number of aliphatic imine (C=N–C) groups is 1. The van der Waals surface area contributed by atoms with Crippen molar-refractivity contribution in [2.24, 2.45) is 4.99 Å². The first kappa shape index (κ1) is 16.6. The molecule has 0 saturated carbocycles. The van der Waals surface area contributed by atoms with Gasteiger partial charge in [-0.3, -0.25) is 9.98 Å². The van der Waals surface area contributed by atoms with Crippen molar-refractivity contribution in [3.8, 4) is 5.69 Å². The summed E-state index contributed by atoms with van der Waals surface area (Å²) in [7, 11) is 0. The number of nitrogens with zero attached hydrogens (tertiary/aromatic N) is 4. The molecule has 1 saturated heterocycles. The molecule has 27 heavy (non-hydrogen) atoms. The molecule has 0 amide bonds. The smallest absolute Gasteiger partial charge is 0.160 e. The lowest BCUT2D eigenvalue weighted by atomic mass is 10.0. The molecule has 0 unspecified atom stereocenters. The van der Waals surface area contributed by atoms with E-state index in [1.165, 1.54) is 16.9 Å². The number of aryl methyl sites for hydroxylation is 1. The highest BCUT2D eigenvalue weighted by Gasteiger charge is 2.44. The minimum atomic E-state index is 0.0281. The summed E-state index contributed by atoms with van der Waals surface area (Å²) in [5.74, 6) is 0. The summed E-state index contributed by atoms with van der Waals surface area (Å²) < 4.78 is 2.30. The first-order valence-corrected chi connectivity index (χ1v) is 10.2. The van der Waals surface area contributed by atoms with Crippen molar-refractivity contribution in [2.75, 3.05) is 6.54 Å². The lowest BCUT2D eigenvalue weighted by Crippen LogP contribution is -2.30. The third kappa shape index (κ3) is 2.86. The van der Waals surface area contributed by atoms with Crippen LogP contribution in [0.3, 0.4) is 0 Å². The zero-order valence-corrected chi connectivity index (χ0v) is 16.3. The van der Waals surface area contributed by atoms with E-state index in [9.17, 15) is 0 Å². The first-order valence-electron chi connectivity index (χ1n) is 9.37. The van der Waals surface area contributed by atoms with Crippen LogP contribution in [0.15, 0.2) is 72.0 Å². The Labute approximate surface area is 164 Å². The highest BCUT2D eigenvalue weighted by atomic mass is 32.2. The van der Waals surface area contributed by atoms with E-state index in [-0.39, 0.29) is 12.1 Å². The van der Waals surface area contributed by atoms with Crippen molar-refractivity contribution in [2.45, 2.75) is 31.2 Å². The third-order valence-corrected chi connectivity index (χ3v) is 6.38. The average molecular weight is 375 g/mol. The molecule has 5 rings (SSSR count). The molecule has 136 valence electrons. The number of thioether (sulfide) groups is 1. The fraction of sp³-hybridized carbons (Fsp3) is 0.273. The number of hydrogen-bond acceptors (Lipinski definition) is 4. The lowest BCUT2D eigenvalue weighted by Gasteiger charge is -2.28. The van der Waals surface area contributed by atoms with Gasteiger partial charge in [-0.1, -0.05) is 42.4 Å². The van der Waals surface area contributed by atoms with Crippen molar-refractivity contribution < 1.29 is 0 Å². The molecule has 0 bridgehead atoms. The van der Waals surface area contributed by atoms with Gasteiger partial charge in [0.2, 0.25) is 0 Å². The number of amidine groups is 1. The Morgan fingerprint density at radius 3 is 2.67 bits per heavy atom. The number of benzene rings is 1. The molecule has 0 spiro atoms. The molecular formula is C22H22N4S. The van der Waals surface area contributed by atoms with Crippen molar-refractivity contribution >= 4 is 16.9 Å². The molecule has 3 atom stereocenters. The Balaban J connectivity index is 1.60. The molecule has 1 fully saturated rings. The quantitative estimate of drug-likeness (QED) is 0.662. The van der Waals surface area contributed by atoms with Crippen LogP contribution in [0.25, 0.3) is 5.69 Å². The molecule has 5 heteroatoms. The van der Waals surface area contributed by atoms with E-state index in [1.807, 2.05) is 24.0 Å². The number of pyridine rings is 1. The molecule has 2 aromatic heterocycles. The van der Waals surface area contributed by atoms with Crippen LogP contribution in [-0.4, -0.2) is 31.4 Å². The summed E-state index contributed by atoms with van der Waals surface area (Å²) in [5, 5.41) is 1.72. The second-order valence-electron chi connectivity index (χ2n) is 7.28. The standard InChI is InChI=1S/C22H22N4S/c1-15-8-10-17(11-9-15)25-13-5-7-19(25)21-20(18-6-3-4-12-23-18)24-22-26(21)14-16(2)27-22/h3-13,16,20-21H,14H2,1-2H3/t16-,20+,21-/m0/s1. The predicted octanol–water partition coefficient (Wildman–Crippen LogP) is 4.77. The second-order valence-corrected chi connectivity index (χ2v) is 8.68. The van der Waals surface area contributed by atoms with Gasteiger partial charge in [0.25, 0.3) is 0 Å². The van der Waals surface area contributed by atoms with E-state index >= 15 is 0 Å². The van der Waals surface area contributed by atoms with E-state index in [0.29, 0.717) is 5.25 Å². The van der Waals surface area contributed by atoms with Gasteiger partial charge in [0, 0.05) is 35.6 Å². The van der Waals surface area contributed by atoms with Crippen LogP contribution in [0.5, 0.6) is 0 Å². The van der Waals surface area contributed by atoms with Crippen molar-refractivity contribution in [3.63, 3.8) is 0 Å². The highest BCUT2D eigenvalue weighted by molar-refractivity contribution is 8.14. The molecule has 3 aromatic rings. The number of rotatable bonds is 3. The number of aromatic nitrogens is 2. The van der Waals surface area contributed by atoms with Crippen molar-refractivity contribution in [1.29, 1.82) is 0 Å². The highest BCUT2D eigenvalue weighted by Crippen LogP contribution is 2.47. The summed E-state index contributed by atoms with van der Waals surface area (Å²) >= 11 is 1.88. The molecule has 2 aliphatic heterocycles. The monoisotopic (exact) mass is 374 g/mol. The summed E-state index contributed by atoms with van der Waals surface area (Å²) in [5.41, 5.74) is 4.76. The minimum Gasteiger partial charge on any atom is -0.339 e. The fourth-order valence-corrected chi connectivity index (χ4v) is 5.11. The van der Waals surface area contributed by atoms with Gasteiger partial charge < -0.3 is 9.47 Å². The molecule has 4 nitrogen and oxygen atoms in total. The average Bonchev–Trinajstić information content (AvgIpc) is 3.37. The topological polar surface area (TPSA) is 33.4 Å². The molecular weight excluding hydrogens is 352 g/mol. The van der Waals surface area contributed by atoms with E-state index < -0.39 is 0 Å². The summed E-state index contributed by atoms with van der Waals surface area (Å²) in [6, 6.07) is 19.4. The molecule has 4 heterocycles. The Morgan fingerprint density at radius 1 is 1.04 bits per heavy atom. The lowest BCUT2D eigenvalue weighted by molar-refractivity contribution is 0.312.